The first-order chi connectivity index (χ1) is 12.0. The smallest absolute Gasteiger partial charge is 0.327 e. The van der Waals surface area contributed by atoms with E-state index >= 15 is 0 Å². The maximum absolute atomic E-state index is 11.5. The molecule has 0 saturated carbocycles. The Morgan fingerprint density at radius 1 is 1.36 bits per heavy atom. The number of esters is 1. The normalized spacial score (nSPS) is 12.2. The van der Waals surface area contributed by atoms with Gasteiger partial charge < -0.3 is 10.1 Å². The van der Waals surface area contributed by atoms with Gasteiger partial charge in [0.1, 0.15) is 18.7 Å². The SMILES string of the molecule is COC(=O)Cn1ncc2c(NC(C)c3cccc(Cl)c3Cl)ncnc21. The van der Waals surface area contributed by atoms with Gasteiger partial charge in [0.15, 0.2) is 5.65 Å². The van der Waals surface area contributed by atoms with Crippen LogP contribution in [0.1, 0.15) is 18.5 Å². The number of methoxy groups -OCH3 is 1. The summed E-state index contributed by atoms with van der Waals surface area (Å²) < 4.78 is 6.13. The van der Waals surface area contributed by atoms with E-state index in [1.807, 2.05) is 19.1 Å². The number of anilines is 1. The standard InChI is InChI=1S/C16H15Cl2N5O2/c1-9(10-4-3-5-12(17)14(10)18)22-15-11-6-21-23(7-13(24)25-2)16(11)20-8-19-15/h3-6,8-9H,7H2,1-2H3,(H,19,20,22). The summed E-state index contributed by atoms with van der Waals surface area (Å²) in [6.45, 7) is 1.93. The predicted molar refractivity (Wildman–Crippen MR) is 95.8 cm³/mol. The average molecular weight is 380 g/mol. The van der Waals surface area contributed by atoms with E-state index in [-0.39, 0.29) is 12.6 Å². The number of carbonyl (C=O) groups excluding carboxylic acids is 1. The summed E-state index contributed by atoms with van der Waals surface area (Å²) in [5, 5.41) is 9.15. The average Bonchev–Trinajstić information content (AvgIpc) is 3.01. The maximum Gasteiger partial charge on any atom is 0.327 e. The third kappa shape index (κ3) is 3.52. The number of fused-ring (bicyclic) bond motifs is 1. The van der Waals surface area contributed by atoms with Crippen molar-refractivity contribution in [1.29, 1.82) is 0 Å². The molecule has 3 rings (SSSR count). The van der Waals surface area contributed by atoms with E-state index in [4.69, 9.17) is 23.2 Å². The molecule has 2 aromatic heterocycles. The number of rotatable bonds is 5. The van der Waals surface area contributed by atoms with E-state index in [1.165, 1.54) is 18.1 Å². The van der Waals surface area contributed by atoms with Gasteiger partial charge in [-0.2, -0.15) is 5.10 Å². The molecule has 0 fully saturated rings. The molecule has 0 bridgehead atoms. The number of nitrogens with one attached hydrogen (secondary N) is 1. The molecule has 130 valence electrons. The van der Waals surface area contributed by atoms with Crippen molar-refractivity contribution in [3.63, 3.8) is 0 Å². The Morgan fingerprint density at radius 2 is 2.16 bits per heavy atom. The lowest BCUT2D eigenvalue weighted by Gasteiger charge is -2.17. The fourth-order valence-corrected chi connectivity index (χ4v) is 2.92. The summed E-state index contributed by atoms with van der Waals surface area (Å²) in [6.07, 6.45) is 3.01. The number of hydrogen-bond donors (Lipinski definition) is 1. The van der Waals surface area contributed by atoms with Crippen LogP contribution in [0, 0.1) is 0 Å². The molecule has 0 amide bonds. The zero-order valence-corrected chi connectivity index (χ0v) is 15.0. The zero-order valence-electron chi connectivity index (χ0n) is 13.5. The summed E-state index contributed by atoms with van der Waals surface area (Å²) in [7, 11) is 1.33. The van der Waals surface area contributed by atoms with Gasteiger partial charge in [-0.25, -0.2) is 14.6 Å². The number of ether oxygens (including phenoxy) is 1. The number of hydrogen-bond acceptors (Lipinski definition) is 6. The van der Waals surface area contributed by atoms with E-state index in [0.717, 1.165) is 5.56 Å². The van der Waals surface area contributed by atoms with Gasteiger partial charge in [-0.15, -0.1) is 0 Å². The van der Waals surface area contributed by atoms with Crippen molar-refractivity contribution in [2.45, 2.75) is 19.5 Å². The molecule has 7 nitrogen and oxygen atoms in total. The maximum atomic E-state index is 11.5. The minimum atomic E-state index is -0.405. The highest BCUT2D eigenvalue weighted by atomic mass is 35.5. The van der Waals surface area contributed by atoms with Crippen LogP contribution in [0.5, 0.6) is 0 Å². The molecule has 1 atom stereocenters. The molecule has 0 spiro atoms. The van der Waals surface area contributed by atoms with E-state index in [1.54, 1.807) is 12.3 Å². The number of benzene rings is 1. The Hall–Kier alpha value is -2.38. The highest BCUT2D eigenvalue weighted by Gasteiger charge is 2.16. The first-order valence-corrected chi connectivity index (χ1v) is 8.20. The van der Waals surface area contributed by atoms with E-state index in [0.29, 0.717) is 26.9 Å². The van der Waals surface area contributed by atoms with Gasteiger partial charge in [0, 0.05) is 0 Å². The predicted octanol–water partition coefficient (Wildman–Crippen LogP) is 3.48. The number of nitrogens with zero attached hydrogens (tertiary/aromatic N) is 4. The van der Waals surface area contributed by atoms with Crippen LogP contribution in [0.4, 0.5) is 5.82 Å². The minimum absolute atomic E-state index is 0.0217. The molecule has 3 aromatic rings. The first kappa shape index (κ1) is 17.4. The van der Waals surface area contributed by atoms with Gasteiger partial charge in [0.05, 0.1) is 34.8 Å². The van der Waals surface area contributed by atoms with Crippen LogP contribution in [0.15, 0.2) is 30.7 Å². The Morgan fingerprint density at radius 3 is 2.92 bits per heavy atom. The highest BCUT2D eigenvalue weighted by Crippen LogP contribution is 2.32. The second-order valence-corrected chi connectivity index (χ2v) is 6.13. The molecule has 1 unspecified atom stereocenters. The molecule has 1 N–H and O–H groups in total. The summed E-state index contributed by atoms with van der Waals surface area (Å²) in [6, 6.07) is 5.32. The van der Waals surface area contributed by atoms with Crippen molar-refractivity contribution in [1.82, 2.24) is 19.7 Å². The Bertz CT molecular complexity index is 928. The van der Waals surface area contributed by atoms with Crippen LogP contribution in [-0.2, 0) is 16.1 Å². The lowest BCUT2D eigenvalue weighted by atomic mass is 10.1. The molecule has 0 radical (unpaired) electrons. The van der Waals surface area contributed by atoms with Crippen LogP contribution < -0.4 is 5.32 Å². The van der Waals surface area contributed by atoms with Crippen LogP contribution in [0.25, 0.3) is 11.0 Å². The minimum Gasteiger partial charge on any atom is -0.468 e. The van der Waals surface area contributed by atoms with Gasteiger partial charge >= 0.3 is 5.97 Å². The molecule has 0 aliphatic heterocycles. The second-order valence-electron chi connectivity index (χ2n) is 5.35. The molecular formula is C16H15Cl2N5O2. The fraction of sp³-hybridized carbons (Fsp3) is 0.250. The van der Waals surface area contributed by atoms with Crippen LogP contribution >= 0.6 is 23.2 Å². The molecule has 9 heteroatoms. The van der Waals surface area contributed by atoms with Gasteiger partial charge in [-0.3, -0.25) is 4.79 Å². The summed E-state index contributed by atoms with van der Waals surface area (Å²) in [5.74, 6) is 0.182. The number of carbonyl (C=O) groups is 1. The third-order valence-electron chi connectivity index (χ3n) is 3.74. The molecule has 0 aliphatic carbocycles. The summed E-state index contributed by atoms with van der Waals surface area (Å²) in [5.41, 5.74) is 1.38. The molecular weight excluding hydrogens is 365 g/mol. The van der Waals surface area contributed by atoms with Crippen molar-refractivity contribution >= 4 is 46.0 Å². The largest absolute Gasteiger partial charge is 0.468 e. The monoisotopic (exact) mass is 379 g/mol. The lowest BCUT2D eigenvalue weighted by Crippen LogP contribution is -2.13. The Labute approximate surface area is 153 Å². The van der Waals surface area contributed by atoms with Crippen LogP contribution in [0.3, 0.4) is 0 Å². The second kappa shape index (κ2) is 7.25. The van der Waals surface area contributed by atoms with E-state index in [2.05, 4.69) is 25.1 Å². The van der Waals surface area contributed by atoms with Crippen LogP contribution in [-0.4, -0.2) is 32.8 Å². The number of halogens is 2. The quantitative estimate of drug-likeness (QED) is 0.683. The highest BCUT2D eigenvalue weighted by molar-refractivity contribution is 6.42. The van der Waals surface area contributed by atoms with Gasteiger partial charge in [-0.05, 0) is 18.6 Å². The Kier molecular flexibility index (Phi) is 5.06. The third-order valence-corrected chi connectivity index (χ3v) is 4.57. The van der Waals surface area contributed by atoms with E-state index < -0.39 is 5.97 Å². The number of aromatic nitrogens is 4. The van der Waals surface area contributed by atoms with Crippen molar-refractivity contribution < 1.29 is 9.53 Å². The van der Waals surface area contributed by atoms with Gasteiger partial charge in [0.25, 0.3) is 0 Å². The van der Waals surface area contributed by atoms with Crippen molar-refractivity contribution in [2.24, 2.45) is 0 Å². The molecule has 0 aliphatic rings. The van der Waals surface area contributed by atoms with Crippen LogP contribution in [0.2, 0.25) is 10.0 Å². The topological polar surface area (TPSA) is 81.9 Å². The van der Waals surface area contributed by atoms with Gasteiger partial charge in [-0.1, -0.05) is 35.3 Å². The molecule has 2 heterocycles. The van der Waals surface area contributed by atoms with Crippen molar-refractivity contribution in [3.05, 3.63) is 46.3 Å². The molecule has 0 saturated heterocycles. The lowest BCUT2D eigenvalue weighted by molar-refractivity contribution is -0.141. The Balaban J connectivity index is 1.91. The summed E-state index contributed by atoms with van der Waals surface area (Å²) >= 11 is 12.4. The van der Waals surface area contributed by atoms with Crippen molar-refractivity contribution in [3.8, 4) is 0 Å². The first-order valence-electron chi connectivity index (χ1n) is 7.45. The summed E-state index contributed by atoms with van der Waals surface area (Å²) in [4.78, 5) is 19.9. The van der Waals surface area contributed by atoms with Gasteiger partial charge in [0.2, 0.25) is 0 Å². The molecule has 25 heavy (non-hydrogen) atoms. The molecule has 1 aromatic carbocycles. The van der Waals surface area contributed by atoms with Crippen molar-refractivity contribution in [2.75, 3.05) is 12.4 Å². The zero-order chi connectivity index (χ0) is 18.0. The van der Waals surface area contributed by atoms with E-state index in [9.17, 15) is 4.79 Å². The fourth-order valence-electron chi connectivity index (χ4n) is 2.45.